The number of hydrogen-bond acceptors (Lipinski definition) is 8. The standard InChI is InChI=1S/C2H6N4O4.CH8N6/c7-5(8)3-1-2-4-6(9)10;2-1(6-3)7(4)5/h3-4H,1-2H2;3-5H2,(H2,2,6). The van der Waals surface area contributed by atoms with Gasteiger partial charge >= 0.3 is 0 Å². The summed E-state index contributed by atoms with van der Waals surface area (Å²) in [5.41, 5.74) is 8.43. The first-order valence-electron chi connectivity index (χ1n) is 3.90. The highest BCUT2D eigenvalue weighted by molar-refractivity contribution is 5.76. The van der Waals surface area contributed by atoms with E-state index >= 15 is 0 Å². The van der Waals surface area contributed by atoms with Crippen LogP contribution in [0.15, 0.2) is 5.10 Å². The van der Waals surface area contributed by atoms with Crippen LogP contribution in [0.5, 0.6) is 0 Å². The van der Waals surface area contributed by atoms with Gasteiger partial charge in [0.25, 0.3) is 0 Å². The van der Waals surface area contributed by atoms with Crippen LogP contribution in [0.1, 0.15) is 0 Å². The van der Waals surface area contributed by atoms with Gasteiger partial charge in [-0.15, -0.1) is 16.0 Å². The molecule has 0 heterocycles. The Morgan fingerprint density at radius 3 is 1.65 bits per heavy atom. The molecule has 10 N–H and O–H groups in total. The van der Waals surface area contributed by atoms with Crippen molar-refractivity contribution in [2.45, 2.75) is 0 Å². The molecule has 0 rings (SSSR count). The minimum atomic E-state index is -0.762. The van der Waals surface area contributed by atoms with Gasteiger partial charge < -0.3 is 11.6 Å². The average molecular weight is 254 g/mol. The molecule has 0 fully saturated rings. The van der Waals surface area contributed by atoms with Crippen molar-refractivity contribution in [2.24, 2.45) is 28.4 Å². The van der Waals surface area contributed by atoms with E-state index in [0.717, 1.165) is 0 Å². The Morgan fingerprint density at radius 2 is 1.53 bits per heavy atom. The van der Waals surface area contributed by atoms with E-state index in [1.165, 1.54) is 0 Å². The van der Waals surface area contributed by atoms with Crippen LogP contribution in [-0.2, 0) is 0 Å². The Balaban J connectivity index is 0. The lowest BCUT2D eigenvalue weighted by molar-refractivity contribution is -0.557. The molecule has 0 aromatic rings. The molecule has 14 nitrogen and oxygen atoms in total. The maximum absolute atomic E-state index is 9.54. The number of nitro groups is 2. The van der Waals surface area contributed by atoms with Gasteiger partial charge in [0.05, 0.1) is 13.1 Å². The fraction of sp³-hybridized carbons (Fsp3) is 0.667. The highest BCUT2D eigenvalue weighted by Crippen LogP contribution is 1.60. The fourth-order valence-corrected chi connectivity index (χ4v) is 0.361. The molecule has 0 atom stereocenters. The molecule has 0 saturated heterocycles. The zero-order valence-corrected chi connectivity index (χ0v) is 8.65. The summed E-state index contributed by atoms with van der Waals surface area (Å²) in [6, 6.07) is 0. The van der Waals surface area contributed by atoms with Crippen molar-refractivity contribution in [1.29, 1.82) is 0 Å². The van der Waals surface area contributed by atoms with Gasteiger partial charge in [-0.2, -0.15) is 0 Å². The number of guanidine groups is 1. The maximum atomic E-state index is 9.54. The minimum Gasteiger partial charge on any atom is -0.366 e. The van der Waals surface area contributed by atoms with Crippen LogP contribution in [0.3, 0.4) is 0 Å². The van der Waals surface area contributed by atoms with Crippen LogP contribution >= 0.6 is 0 Å². The van der Waals surface area contributed by atoms with Crippen molar-refractivity contribution >= 4 is 5.96 Å². The SMILES string of the molecule is NN=C(N)N(N)N.O=[N+]([O-])NCCN[N+](=O)[O-]. The molecule has 14 heteroatoms. The quantitative estimate of drug-likeness (QED) is 0.0686. The lowest BCUT2D eigenvalue weighted by atomic mass is 10.7. The van der Waals surface area contributed by atoms with Gasteiger partial charge in [0.2, 0.25) is 5.96 Å². The third-order valence-corrected chi connectivity index (χ3v) is 1.00. The van der Waals surface area contributed by atoms with Crippen molar-refractivity contribution in [3.8, 4) is 0 Å². The highest BCUT2D eigenvalue weighted by atomic mass is 16.7. The predicted molar refractivity (Wildman–Crippen MR) is 56.0 cm³/mol. The Kier molecular flexibility index (Phi) is 9.81. The second-order valence-corrected chi connectivity index (χ2v) is 2.23. The number of hydrogen-bond donors (Lipinski definition) is 6. The summed E-state index contributed by atoms with van der Waals surface area (Å²) < 4.78 is 0. The number of nitrogens with zero attached hydrogens (tertiary/aromatic N) is 4. The number of nitrogens with two attached hydrogens (primary N) is 4. The van der Waals surface area contributed by atoms with E-state index in [1.54, 1.807) is 10.9 Å². The van der Waals surface area contributed by atoms with Gasteiger partial charge in [-0.05, 0) is 0 Å². The monoisotopic (exact) mass is 254 g/mol. The maximum Gasteiger partial charge on any atom is 0.242 e. The van der Waals surface area contributed by atoms with E-state index in [-0.39, 0.29) is 19.0 Å². The molecule has 0 aliphatic carbocycles. The lowest BCUT2D eigenvalue weighted by Crippen LogP contribution is -2.48. The van der Waals surface area contributed by atoms with Crippen molar-refractivity contribution in [1.82, 2.24) is 16.0 Å². The number of rotatable bonds is 5. The summed E-state index contributed by atoms with van der Waals surface area (Å²) in [6.07, 6.45) is 0. The Morgan fingerprint density at radius 1 is 1.18 bits per heavy atom. The normalized spacial score (nSPS) is 9.65. The molecule has 0 saturated carbocycles. The minimum absolute atomic E-state index is 0.0754. The third kappa shape index (κ3) is 16.1. The van der Waals surface area contributed by atoms with Crippen molar-refractivity contribution in [2.75, 3.05) is 13.1 Å². The number of hydrazone groups is 1. The van der Waals surface area contributed by atoms with E-state index in [9.17, 15) is 20.2 Å². The van der Waals surface area contributed by atoms with Gasteiger partial charge in [-0.1, -0.05) is 0 Å². The second kappa shape index (κ2) is 9.93. The molecular formula is C3H14N10O4. The zero-order valence-electron chi connectivity index (χ0n) is 8.65. The van der Waals surface area contributed by atoms with E-state index in [2.05, 4.69) is 10.9 Å². The lowest BCUT2D eigenvalue weighted by Gasteiger charge is -2.06. The summed E-state index contributed by atoms with van der Waals surface area (Å²) in [7, 11) is 0. The Labute approximate surface area is 94.7 Å². The predicted octanol–water partition coefficient (Wildman–Crippen LogP) is -4.23. The first kappa shape index (κ1) is 16.8. The first-order chi connectivity index (χ1) is 7.81. The van der Waals surface area contributed by atoms with Crippen LogP contribution in [0.25, 0.3) is 0 Å². The van der Waals surface area contributed by atoms with Gasteiger partial charge in [-0.25, -0.2) is 37.0 Å². The largest absolute Gasteiger partial charge is 0.366 e. The Hall–Kier alpha value is -2.61. The van der Waals surface area contributed by atoms with Crippen LogP contribution in [0.4, 0.5) is 0 Å². The molecule has 0 bridgehead atoms. The summed E-state index contributed by atoms with van der Waals surface area (Å²) in [6.45, 7) is -0.151. The van der Waals surface area contributed by atoms with Crippen LogP contribution in [-0.4, -0.2) is 34.2 Å². The molecule has 0 radical (unpaired) electrons. The fourth-order valence-electron chi connectivity index (χ4n) is 0.361. The molecule has 0 aliphatic rings. The van der Waals surface area contributed by atoms with Crippen molar-refractivity contribution < 1.29 is 10.1 Å². The second-order valence-electron chi connectivity index (χ2n) is 2.23. The number of hydrazine groups is 4. The summed E-state index contributed by atoms with van der Waals surface area (Å²) in [5.74, 6) is 14.2. The van der Waals surface area contributed by atoms with Crippen LogP contribution in [0, 0.1) is 20.2 Å². The van der Waals surface area contributed by atoms with Crippen LogP contribution in [0.2, 0.25) is 0 Å². The van der Waals surface area contributed by atoms with Gasteiger partial charge in [-0.3, -0.25) is 0 Å². The molecule has 0 aromatic heterocycles. The van der Waals surface area contributed by atoms with E-state index in [1.807, 2.05) is 0 Å². The average Bonchev–Trinajstić information content (AvgIpc) is 2.23. The summed E-state index contributed by atoms with van der Waals surface area (Å²) in [5, 5.41) is 21.1. The van der Waals surface area contributed by atoms with E-state index in [0.29, 0.717) is 5.12 Å². The molecule has 0 amide bonds. The van der Waals surface area contributed by atoms with Crippen molar-refractivity contribution in [3.63, 3.8) is 0 Å². The first-order valence-corrected chi connectivity index (χ1v) is 3.90. The molecular weight excluding hydrogens is 240 g/mol. The molecule has 0 aromatic carbocycles. The third-order valence-electron chi connectivity index (χ3n) is 1.00. The molecule has 0 spiro atoms. The van der Waals surface area contributed by atoms with Gasteiger partial charge in [0.15, 0.2) is 10.1 Å². The van der Waals surface area contributed by atoms with Crippen molar-refractivity contribution in [3.05, 3.63) is 20.2 Å². The zero-order chi connectivity index (χ0) is 13.8. The van der Waals surface area contributed by atoms with Gasteiger partial charge in [0.1, 0.15) is 0 Å². The number of nitrogens with one attached hydrogen (secondary N) is 2. The molecule has 0 aliphatic heterocycles. The summed E-state index contributed by atoms with van der Waals surface area (Å²) >= 11 is 0. The topological polar surface area (TPSA) is 230 Å². The van der Waals surface area contributed by atoms with Crippen LogP contribution < -0.4 is 34.1 Å². The Bertz CT molecular complexity index is 248. The van der Waals surface area contributed by atoms with E-state index in [4.69, 9.17) is 17.4 Å². The summed E-state index contributed by atoms with van der Waals surface area (Å²) in [4.78, 5) is 19.1. The molecule has 17 heavy (non-hydrogen) atoms. The van der Waals surface area contributed by atoms with E-state index < -0.39 is 10.1 Å². The smallest absolute Gasteiger partial charge is 0.242 e. The highest BCUT2D eigenvalue weighted by Gasteiger charge is 1.95. The molecule has 0 unspecified atom stereocenters. The molecule has 100 valence electrons. The van der Waals surface area contributed by atoms with Gasteiger partial charge in [0, 0.05) is 0 Å².